The van der Waals surface area contributed by atoms with Gasteiger partial charge in [-0.25, -0.2) is 0 Å². The fraction of sp³-hybridized carbons (Fsp3) is 0.400. The van der Waals surface area contributed by atoms with E-state index in [0.717, 1.165) is 24.1 Å². The monoisotopic (exact) mass is 242 g/mol. The van der Waals surface area contributed by atoms with E-state index in [-0.39, 0.29) is 11.8 Å². The number of carbonyl (C=O) groups is 1. The molecular formula is C15H18N2O. The SMILES string of the molecule is O=C(NCc1cc2ccccc2[nH]1)C1CCCC1. The van der Waals surface area contributed by atoms with E-state index < -0.39 is 0 Å². The molecule has 1 aliphatic rings. The van der Waals surface area contributed by atoms with Crippen molar-refractivity contribution in [3.05, 3.63) is 36.0 Å². The zero-order valence-corrected chi connectivity index (χ0v) is 10.4. The Labute approximate surface area is 107 Å². The van der Waals surface area contributed by atoms with Gasteiger partial charge in [-0.1, -0.05) is 31.0 Å². The molecule has 3 rings (SSSR count). The molecule has 2 N–H and O–H groups in total. The summed E-state index contributed by atoms with van der Waals surface area (Å²) in [6.45, 7) is 0.601. The molecule has 18 heavy (non-hydrogen) atoms. The first-order valence-electron chi connectivity index (χ1n) is 6.67. The van der Waals surface area contributed by atoms with Crippen LogP contribution in [0, 0.1) is 5.92 Å². The van der Waals surface area contributed by atoms with Gasteiger partial charge in [0, 0.05) is 17.1 Å². The van der Waals surface area contributed by atoms with Gasteiger partial charge in [-0.3, -0.25) is 4.79 Å². The Bertz CT molecular complexity index is 519. The van der Waals surface area contributed by atoms with Crippen molar-refractivity contribution in [1.82, 2.24) is 10.3 Å². The van der Waals surface area contributed by atoms with Crippen molar-refractivity contribution in [1.29, 1.82) is 0 Å². The number of hydrogen-bond donors (Lipinski definition) is 2. The largest absolute Gasteiger partial charge is 0.357 e. The second-order valence-corrected chi connectivity index (χ2v) is 5.08. The summed E-state index contributed by atoms with van der Waals surface area (Å²) >= 11 is 0. The van der Waals surface area contributed by atoms with Crippen LogP contribution in [0.15, 0.2) is 30.3 Å². The van der Waals surface area contributed by atoms with Gasteiger partial charge in [0.05, 0.1) is 6.54 Å². The normalized spacial score (nSPS) is 16.2. The van der Waals surface area contributed by atoms with Gasteiger partial charge in [0.1, 0.15) is 0 Å². The van der Waals surface area contributed by atoms with Gasteiger partial charge < -0.3 is 10.3 Å². The van der Waals surface area contributed by atoms with E-state index in [0.29, 0.717) is 6.54 Å². The van der Waals surface area contributed by atoms with Crippen LogP contribution >= 0.6 is 0 Å². The number of fused-ring (bicyclic) bond motifs is 1. The molecule has 1 saturated carbocycles. The van der Waals surface area contributed by atoms with Crippen molar-refractivity contribution in [2.75, 3.05) is 0 Å². The number of hydrogen-bond acceptors (Lipinski definition) is 1. The fourth-order valence-corrected chi connectivity index (χ4v) is 2.74. The second-order valence-electron chi connectivity index (χ2n) is 5.08. The second kappa shape index (κ2) is 4.84. The van der Waals surface area contributed by atoms with Crippen LogP contribution in [-0.2, 0) is 11.3 Å². The molecule has 2 aromatic rings. The number of aromatic amines is 1. The van der Waals surface area contributed by atoms with Crippen molar-refractivity contribution >= 4 is 16.8 Å². The first-order chi connectivity index (χ1) is 8.83. The topological polar surface area (TPSA) is 44.9 Å². The third kappa shape index (κ3) is 2.26. The van der Waals surface area contributed by atoms with E-state index in [9.17, 15) is 4.79 Å². The third-order valence-corrected chi connectivity index (χ3v) is 3.76. The summed E-state index contributed by atoms with van der Waals surface area (Å²) in [5.41, 5.74) is 2.20. The van der Waals surface area contributed by atoms with Crippen LogP contribution < -0.4 is 5.32 Å². The minimum absolute atomic E-state index is 0.214. The molecule has 0 radical (unpaired) electrons. The zero-order valence-electron chi connectivity index (χ0n) is 10.4. The molecule has 1 fully saturated rings. The van der Waals surface area contributed by atoms with Crippen molar-refractivity contribution < 1.29 is 4.79 Å². The van der Waals surface area contributed by atoms with Gasteiger partial charge >= 0.3 is 0 Å². The van der Waals surface area contributed by atoms with Crippen LogP contribution in [0.1, 0.15) is 31.4 Å². The minimum atomic E-state index is 0.214. The highest BCUT2D eigenvalue weighted by atomic mass is 16.1. The Morgan fingerprint density at radius 2 is 2.06 bits per heavy atom. The number of carbonyl (C=O) groups excluding carboxylic acids is 1. The number of H-pyrrole nitrogens is 1. The Morgan fingerprint density at radius 3 is 2.83 bits per heavy atom. The van der Waals surface area contributed by atoms with E-state index in [1.807, 2.05) is 12.1 Å². The number of nitrogens with one attached hydrogen (secondary N) is 2. The Balaban J connectivity index is 1.63. The summed E-state index contributed by atoms with van der Waals surface area (Å²) in [5.74, 6) is 0.459. The quantitative estimate of drug-likeness (QED) is 0.854. The van der Waals surface area contributed by atoms with Crippen molar-refractivity contribution in [2.45, 2.75) is 32.2 Å². The third-order valence-electron chi connectivity index (χ3n) is 3.76. The maximum absolute atomic E-state index is 11.9. The smallest absolute Gasteiger partial charge is 0.223 e. The predicted octanol–water partition coefficient (Wildman–Crippen LogP) is 2.97. The average Bonchev–Trinajstić information content (AvgIpc) is 3.04. The van der Waals surface area contributed by atoms with Crippen LogP contribution in [0.2, 0.25) is 0 Å². The highest BCUT2D eigenvalue weighted by Crippen LogP contribution is 2.24. The van der Waals surface area contributed by atoms with Gasteiger partial charge in [-0.2, -0.15) is 0 Å². The Morgan fingerprint density at radius 1 is 1.28 bits per heavy atom. The number of benzene rings is 1. The lowest BCUT2D eigenvalue weighted by molar-refractivity contribution is -0.124. The lowest BCUT2D eigenvalue weighted by atomic mass is 10.1. The van der Waals surface area contributed by atoms with Crippen molar-refractivity contribution in [3.63, 3.8) is 0 Å². The minimum Gasteiger partial charge on any atom is -0.357 e. The summed E-state index contributed by atoms with van der Waals surface area (Å²) in [5, 5.41) is 4.23. The molecule has 0 saturated heterocycles. The van der Waals surface area contributed by atoms with Gasteiger partial charge in [-0.15, -0.1) is 0 Å². The van der Waals surface area contributed by atoms with Gasteiger partial charge in [-0.05, 0) is 30.4 Å². The maximum Gasteiger partial charge on any atom is 0.223 e. The fourth-order valence-electron chi connectivity index (χ4n) is 2.74. The number of amides is 1. The number of rotatable bonds is 3. The van der Waals surface area contributed by atoms with E-state index >= 15 is 0 Å². The lowest BCUT2D eigenvalue weighted by Crippen LogP contribution is -2.28. The van der Waals surface area contributed by atoms with Crippen LogP contribution in [0.3, 0.4) is 0 Å². The van der Waals surface area contributed by atoms with Gasteiger partial charge in [0.15, 0.2) is 0 Å². The zero-order chi connectivity index (χ0) is 12.4. The summed E-state index contributed by atoms with van der Waals surface area (Å²) in [4.78, 5) is 15.2. The van der Waals surface area contributed by atoms with Crippen molar-refractivity contribution in [2.24, 2.45) is 5.92 Å². The van der Waals surface area contributed by atoms with Crippen LogP contribution in [0.4, 0.5) is 0 Å². The summed E-state index contributed by atoms with van der Waals surface area (Å²) in [6, 6.07) is 10.3. The molecule has 0 spiro atoms. The van der Waals surface area contributed by atoms with Crippen molar-refractivity contribution in [3.8, 4) is 0 Å². The molecule has 0 bridgehead atoms. The van der Waals surface area contributed by atoms with E-state index in [1.54, 1.807) is 0 Å². The predicted molar refractivity (Wildman–Crippen MR) is 72.1 cm³/mol. The van der Waals surface area contributed by atoms with Gasteiger partial charge in [0.25, 0.3) is 0 Å². The first-order valence-corrected chi connectivity index (χ1v) is 6.67. The number of aromatic nitrogens is 1. The molecule has 0 atom stereocenters. The van der Waals surface area contributed by atoms with Crippen LogP contribution in [-0.4, -0.2) is 10.9 Å². The Hall–Kier alpha value is -1.77. The molecule has 0 unspecified atom stereocenters. The average molecular weight is 242 g/mol. The summed E-state index contributed by atoms with van der Waals surface area (Å²) in [6.07, 6.45) is 4.51. The van der Waals surface area contributed by atoms with E-state index in [1.165, 1.54) is 18.2 Å². The molecule has 0 aliphatic heterocycles. The molecular weight excluding hydrogens is 224 g/mol. The molecule has 1 aromatic heterocycles. The summed E-state index contributed by atoms with van der Waals surface area (Å²) < 4.78 is 0. The van der Waals surface area contributed by atoms with Crippen LogP contribution in [0.25, 0.3) is 10.9 Å². The highest BCUT2D eigenvalue weighted by Gasteiger charge is 2.22. The number of para-hydroxylation sites is 1. The first kappa shape index (κ1) is 11.3. The summed E-state index contributed by atoms with van der Waals surface area (Å²) in [7, 11) is 0. The molecule has 1 heterocycles. The standard InChI is InChI=1S/C15H18N2O/c18-15(11-5-1-2-6-11)16-10-13-9-12-7-3-4-8-14(12)17-13/h3-4,7-9,11,17H,1-2,5-6,10H2,(H,16,18). The Kier molecular flexibility index (Phi) is 3.05. The highest BCUT2D eigenvalue weighted by molar-refractivity contribution is 5.81. The molecule has 3 nitrogen and oxygen atoms in total. The molecule has 94 valence electrons. The molecule has 3 heteroatoms. The molecule has 1 aliphatic carbocycles. The molecule has 1 aromatic carbocycles. The van der Waals surface area contributed by atoms with E-state index in [4.69, 9.17) is 0 Å². The van der Waals surface area contributed by atoms with E-state index in [2.05, 4.69) is 28.5 Å². The van der Waals surface area contributed by atoms with Gasteiger partial charge in [0.2, 0.25) is 5.91 Å². The lowest BCUT2D eigenvalue weighted by Gasteiger charge is -2.09. The maximum atomic E-state index is 11.9. The molecule has 1 amide bonds. The van der Waals surface area contributed by atoms with Crippen LogP contribution in [0.5, 0.6) is 0 Å².